The topological polar surface area (TPSA) is 42.0 Å². The minimum Gasteiger partial charge on any atom is -0.310 e. The smallest absolute Gasteiger partial charge is 0.229 e. The fourth-order valence-corrected chi connectivity index (χ4v) is 1.70. The maximum Gasteiger partial charge on any atom is 0.229 e. The monoisotopic (exact) mass is 308 g/mol. The van der Waals surface area contributed by atoms with Crippen molar-refractivity contribution in [3.63, 3.8) is 0 Å². The fraction of sp³-hybridized carbons (Fsp3) is 0.0769. The van der Waals surface area contributed by atoms with Crippen molar-refractivity contribution in [3.05, 3.63) is 58.4 Å². The standard InChI is InChI=1S/C13H10BrFN2O/c14-10-4-5-12(16-8-10)17-13(18)7-9-2-1-3-11(15)6-9/h1-6,8H,7H2,(H,16,17,18). The average Bonchev–Trinajstić information content (AvgIpc) is 2.32. The zero-order valence-corrected chi connectivity index (χ0v) is 10.9. The molecule has 2 rings (SSSR count). The van der Waals surface area contributed by atoms with E-state index in [9.17, 15) is 9.18 Å². The predicted molar refractivity (Wildman–Crippen MR) is 70.7 cm³/mol. The second-order valence-electron chi connectivity index (χ2n) is 3.72. The first kappa shape index (κ1) is 12.7. The van der Waals surface area contributed by atoms with Crippen LogP contribution in [0.15, 0.2) is 47.1 Å². The number of hydrogen-bond donors (Lipinski definition) is 1. The Labute approximate surface area is 112 Å². The third kappa shape index (κ3) is 3.63. The molecular formula is C13H10BrFN2O. The van der Waals surface area contributed by atoms with Crippen LogP contribution < -0.4 is 5.32 Å². The molecule has 3 nitrogen and oxygen atoms in total. The van der Waals surface area contributed by atoms with Crippen LogP contribution in [-0.4, -0.2) is 10.9 Å². The molecule has 0 bridgehead atoms. The fourth-order valence-electron chi connectivity index (χ4n) is 1.47. The van der Waals surface area contributed by atoms with Crippen molar-refractivity contribution in [1.29, 1.82) is 0 Å². The molecule has 0 aliphatic carbocycles. The number of hydrogen-bond acceptors (Lipinski definition) is 2. The molecule has 1 aromatic heterocycles. The Kier molecular flexibility index (Phi) is 4.04. The highest BCUT2D eigenvalue weighted by molar-refractivity contribution is 9.10. The summed E-state index contributed by atoms with van der Waals surface area (Å²) in [7, 11) is 0. The van der Waals surface area contributed by atoms with E-state index in [1.165, 1.54) is 12.1 Å². The Bertz CT molecular complexity index is 557. The molecular weight excluding hydrogens is 299 g/mol. The minimum atomic E-state index is -0.345. The van der Waals surface area contributed by atoms with Crippen LogP contribution in [0.3, 0.4) is 0 Å². The number of amides is 1. The highest BCUT2D eigenvalue weighted by Gasteiger charge is 2.05. The van der Waals surface area contributed by atoms with Crippen LogP contribution >= 0.6 is 15.9 Å². The van der Waals surface area contributed by atoms with Gasteiger partial charge >= 0.3 is 0 Å². The van der Waals surface area contributed by atoms with E-state index in [-0.39, 0.29) is 18.1 Å². The molecule has 0 radical (unpaired) electrons. The average molecular weight is 309 g/mol. The summed E-state index contributed by atoms with van der Waals surface area (Å²) in [6.45, 7) is 0. The van der Waals surface area contributed by atoms with Crippen LogP contribution in [0.25, 0.3) is 0 Å². The Morgan fingerprint density at radius 2 is 2.17 bits per heavy atom. The lowest BCUT2D eigenvalue weighted by Crippen LogP contribution is -2.15. The number of nitrogens with zero attached hydrogens (tertiary/aromatic N) is 1. The third-order valence-corrected chi connectivity index (χ3v) is 2.72. The van der Waals surface area contributed by atoms with Gasteiger partial charge in [0.1, 0.15) is 11.6 Å². The Morgan fingerprint density at radius 3 is 2.83 bits per heavy atom. The molecule has 5 heteroatoms. The summed E-state index contributed by atoms with van der Waals surface area (Å²) in [4.78, 5) is 15.7. The molecule has 92 valence electrons. The van der Waals surface area contributed by atoms with Crippen LogP contribution in [-0.2, 0) is 11.2 Å². The molecule has 0 aliphatic heterocycles. The first-order valence-corrected chi connectivity index (χ1v) is 6.08. The largest absolute Gasteiger partial charge is 0.310 e. The number of aromatic nitrogens is 1. The number of pyridine rings is 1. The van der Waals surface area contributed by atoms with Crippen molar-refractivity contribution < 1.29 is 9.18 Å². The van der Waals surface area contributed by atoms with E-state index in [0.29, 0.717) is 11.4 Å². The molecule has 2 aromatic rings. The first-order valence-electron chi connectivity index (χ1n) is 5.29. The summed E-state index contributed by atoms with van der Waals surface area (Å²) in [5.74, 6) is -0.0999. The van der Waals surface area contributed by atoms with E-state index in [4.69, 9.17) is 0 Å². The van der Waals surface area contributed by atoms with Gasteiger partial charge < -0.3 is 5.32 Å². The molecule has 18 heavy (non-hydrogen) atoms. The van der Waals surface area contributed by atoms with Crippen LogP contribution in [0.5, 0.6) is 0 Å². The highest BCUT2D eigenvalue weighted by atomic mass is 79.9. The molecule has 0 unspecified atom stereocenters. The number of anilines is 1. The second kappa shape index (κ2) is 5.73. The van der Waals surface area contributed by atoms with E-state index in [2.05, 4.69) is 26.2 Å². The number of benzene rings is 1. The lowest BCUT2D eigenvalue weighted by molar-refractivity contribution is -0.115. The van der Waals surface area contributed by atoms with Gasteiger partial charge in [-0.3, -0.25) is 4.79 Å². The SMILES string of the molecule is O=C(Cc1cccc(F)c1)Nc1ccc(Br)cn1. The van der Waals surface area contributed by atoms with Gasteiger partial charge in [-0.25, -0.2) is 9.37 Å². The zero-order chi connectivity index (χ0) is 13.0. The minimum absolute atomic E-state index is 0.121. The third-order valence-electron chi connectivity index (χ3n) is 2.25. The van der Waals surface area contributed by atoms with E-state index >= 15 is 0 Å². The van der Waals surface area contributed by atoms with Crippen LogP contribution in [0.2, 0.25) is 0 Å². The maximum absolute atomic E-state index is 12.9. The molecule has 0 saturated heterocycles. The number of carbonyl (C=O) groups excluding carboxylic acids is 1. The molecule has 0 atom stereocenters. The van der Waals surface area contributed by atoms with Crippen molar-refractivity contribution in [3.8, 4) is 0 Å². The quantitative estimate of drug-likeness (QED) is 0.946. The van der Waals surface area contributed by atoms with Gasteiger partial charge in [0.15, 0.2) is 0 Å². The molecule has 1 heterocycles. The van der Waals surface area contributed by atoms with Crippen LogP contribution in [0, 0.1) is 5.82 Å². The molecule has 0 saturated carbocycles. The van der Waals surface area contributed by atoms with Crippen molar-refractivity contribution in [2.75, 3.05) is 5.32 Å². The Morgan fingerprint density at radius 1 is 1.33 bits per heavy atom. The van der Waals surface area contributed by atoms with Crippen molar-refractivity contribution in [1.82, 2.24) is 4.98 Å². The predicted octanol–water partition coefficient (Wildman–Crippen LogP) is 3.16. The Balaban J connectivity index is 1.98. The first-order chi connectivity index (χ1) is 8.63. The van der Waals surface area contributed by atoms with Gasteiger partial charge in [-0.05, 0) is 45.8 Å². The molecule has 1 aromatic carbocycles. The van der Waals surface area contributed by atoms with E-state index < -0.39 is 0 Å². The van der Waals surface area contributed by atoms with Crippen LogP contribution in [0.4, 0.5) is 10.2 Å². The van der Waals surface area contributed by atoms with Gasteiger partial charge in [0.2, 0.25) is 5.91 Å². The van der Waals surface area contributed by atoms with E-state index in [1.54, 1.807) is 30.5 Å². The molecule has 0 fully saturated rings. The summed E-state index contributed by atoms with van der Waals surface area (Å²) in [6.07, 6.45) is 1.72. The number of carbonyl (C=O) groups is 1. The second-order valence-corrected chi connectivity index (χ2v) is 4.63. The van der Waals surface area contributed by atoms with Gasteiger partial charge in [0.05, 0.1) is 6.42 Å². The normalized spacial score (nSPS) is 10.1. The van der Waals surface area contributed by atoms with Gasteiger partial charge in [-0.15, -0.1) is 0 Å². The van der Waals surface area contributed by atoms with Crippen molar-refractivity contribution >= 4 is 27.7 Å². The molecule has 1 N–H and O–H groups in total. The van der Waals surface area contributed by atoms with Gasteiger partial charge in [-0.2, -0.15) is 0 Å². The molecule has 0 spiro atoms. The van der Waals surface area contributed by atoms with Gasteiger partial charge in [-0.1, -0.05) is 12.1 Å². The number of rotatable bonds is 3. The highest BCUT2D eigenvalue weighted by Crippen LogP contribution is 2.11. The summed E-state index contributed by atoms with van der Waals surface area (Å²) < 4.78 is 13.8. The number of halogens is 2. The van der Waals surface area contributed by atoms with Crippen molar-refractivity contribution in [2.24, 2.45) is 0 Å². The molecule has 0 aliphatic rings. The van der Waals surface area contributed by atoms with E-state index in [1.807, 2.05) is 0 Å². The lowest BCUT2D eigenvalue weighted by atomic mass is 10.1. The summed E-state index contributed by atoms with van der Waals surface area (Å²) in [6, 6.07) is 9.44. The molecule has 1 amide bonds. The van der Waals surface area contributed by atoms with Crippen LogP contribution in [0.1, 0.15) is 5.56 Å². The van der Waals surface area contributed by atoms with E-state index in [0.717, 1.165) is 4.47 Å². The van der Waals surface area contributed by atoms with Crippen molar-refractivity contribution in [2.45, 2.75) is 6.42 Å². The summed E-state index contributed by atoms with van der Waals surface area (Å²) in [5.41, 5.74) is 0.629. The summed E-state index contributed by atoms with van der Waals surface area (Å²) in [5, 5.41) is 2.64. The Hall–Kier alpha value is -1.75. The maximum atomic E-state index is 12.9. The lowest BCUT2D eigenvalue weighted by Gasteiger charge is -2.04. The summed E-state index contributed by atoms with van der Waals surface area (Å²) >= 11 is 3.26. The van der Waals surface area contributed by atoms with Gasteiger partial charge in [0, 0.05) is 10.7 Å². The number of nitrogens with one attached hydrogen (secondary N) is 1. The zero-order valence-electron chi connectivity index (χ0n) is 9.36. The van der Waals surface area contributed by atoms with Gasteiger partial charge in [0.25, 0.3) is 0 Å².